The van der Waals surface area contributed by atoms with Gasteiger partial charge in [0, 0.05) is 6.92 Å². The smallest absolute Gasteiger partial charge is 0.217 e. The van der Waals surface area contributed by atoms with E-state index in [9.17, 15) is 4.79 Å². The lowest BCUT2D eigenvalue weighted by Gasteiger charge is -2.15. The second-order valence-corrected chi connectivity index (χ2v) is 4.45. The molecule has 1 unspecified atom stereocenters. The monoisotopic (exact) mass is 203 g/mol. The highest BCUT2D eigenvalue weighted by Gasteiger charge is 2.24. The molecule has 1 atom stereocenters. The van der Waals surface area contributed by atoms with E-state index >= 15 is 0 Å². The van der Waals surface area contributed by atoms with Crippen molar-refractivity contribution in [2.45, 2.75) is 39.7 Å². The van der Waals surface area contributed by atoms with E-state index in [0.29, 0.717) is 0 Å². The fraction of sp³-hybridized carbons (Fsp3) is 0.462. The van der Waals surface area contributed by atoms with Crippen LogP contribution < -0.4 is 5.32 Å². The van der Waals surface area contributed by atoms with E-state index in [1.54, 1.807) is 6.92 Å². The lowest BCUT2D eigenvalue weighted by Crippen LogP contribution is -2.24. The fourth-order valence-corrected chi connectivity index (χ4v) is 2.61. The van der Waals surface area contributed by atoms with Crippen LogP contribution in [0.1, 0.15) is 41.6 Å². The van der Waals surface area contributed by atoms with Crippen molar-refractivity contribution in [2.75, 3.05) is 0 Å². The molecule has 0 aromatic heterocycles. The maximum absolute atomic E-state index is 11.1. The van der Waals surface area contributed by atoms with Crippen molar-refractivity contribution in [2.24, 2.45) is 0 Å². The van der Waals surface area contributed by atoms with Crippen LogP contribution in [0.15, 0.2) is 12.1 Å². The van der Waals surface area contributed by atoms with Gasteiger partial charge in [0.05, 0.1) is 6.04 Å². The molecule has 0 spiro atoms. The molecule has 0 saturated carbocycles. The number of amides is 1. The highest BCUT2D eigenvalue weighted by molar-refractivity contribution is 5.73. The number of carbonyl (C=O) groups excluding carboxylic acids is 1. The highest BCUT2D eigenvalue weighted by Crippen LogP contribution is 2.34. The number of nitrogens with one attached hydrogen (secondary N) is 1. The van der Waals surface area contributed by atoms with Gasteiger partial charge in [-0.05, 0) is 43.4 Å². The molecule has 1 aromatic carbocycles. The van der Waals surface area contributed by atoms with E-state index in [4.69, 9.17) is 0 Å². The van der Waals surface area contributed by atoms with E-state index < -0.39 is 0 Å². The summed E-state index contributed by atoms with van der Waals surface area (Å²) in [6.07, 6.45) is 2.13. The molecule has 1 aliphatic carbocycles. The standard InChI is InChI=1S/C13H17NO/c1-8-6-9(2)13-11(7-8)4-5-12(13)14-10(3)15/h6-7,12H,4-5H2,1-3H3,(H,14,15). The maximum atomic E-state index is 11.1. The van der Waals surface area contributed by atoms with Gasteiger partial charge in [0.15, 0.2) is 0 Å². The second-order valence-electron chi connectivity index (χ2n) is 4.45. The van der Waals surface area contributed by atoms with Crippen LogP contribution in [0.4, 0.5) is 0 Å². The van der Waals surface area contributed by atoms with Crippen LogP contribution in [0.2, 0.25) is 0 Å². The summed E-state index contributed by atoms with van der Waals surface area (Å²) < 4.78 is 0. The summed E-state index contributed by atoms with van der Waals surface area (Å²) in [6.45, 7) is 5.84. The molecule has 0 saturated heterocycles. The van der Waals surface area contributed by atoms with Crippen molar-refractivity contribution >= 4 is 5.91 Å². The lowest BCUT2D eigenvalue weighted by atomic mass is 9.99. The quantitative estimate of drug-likeness (QED) is 0.746. The van der Waals surface area contributed by atoms with Crippen LogP contribution >= 0.6 is 0 Å². The predicted molar refractivity (Wildman–Crippen MR) is 60.8 cm³/mol. The van der Waals surface area contributed by atoms with Gasteiger partial charge in [-0.1, -0.05) is 17.7 Å². The molecular formula is C13H17NO. The zero-order chi connectivity index (χ0) is 11.0. The Kier molecular flexibility index (Phi) is 2.51. The number of rotatable bonds is 1. The summed E-state index contributed by atoms with van der Waals surface area (Å²) >= 11 is 0. The van der Waals surface area contributed by atoms with E-state index in [2.05, 4.69) is 31.3 Å². The van der Waals surface area contributed by atoms with Gasteiger partial charge in [-0.2, -0.15) is 0 Å². The minimum atomic E-state index is 0.0628. The summed E-state index contributed by atoms with van der Waals surface area (Å²) in [5, 5.41) is 3.02. The Labute approximate surface area is 90.7 Å². The zero-order valence-corrected chi connectivity index (χ0v) is 9.55. The van der Waals surface area contributed by atoms with Gasteiger partial charge in [0.2, 0.25) is 5.91 Å². The Morgan fingerprint density at radius 3 is 2.80 bits per heavy atom. The predicted octanol–water partition coefficient (Wildman–Crippen LogP) is 2.43. The number of benzene rings is 1. The summed E-state index contributed by atoms with van der Waals surface area (Å²) in [7, 11) is 0. The van der Waals surface area contributed by atoms with E-state index in [-0.39, 0.29) is 11.9 Å². The van der Waals surface area contributed by atoms with Crippen LogP contribution in [0.25, 0.3) is 0 Å². The van der Waals surface area contributed by atoms with Gasteiger partial charge in [-0.15, -0.1) is 0 Å². The van der Waals surface area contributed by atoms with Crippen LogP contribution in [0.5, 0.6) is 0 Å². The fourth-order valence-electron chi connectivity index (χ4n) is 2.61. The van der Waals surface area contributed by atoms with Gasteiger partial charge < -0.3 is 5.32 Å². The summed E-state index contributed by atoms with van der Waals surface area (Å²) in [5.41, 5.74) is 5.37. The minimum absolute atomic E-state index is 0.0628. The molecule has 15 heavy (non-hydrogen) atoms. The van der Waals surface area contributed by atoms with Crippen molar-refractivity contribution in [3.63, 3.8) is 0 Å². The minimum Gasteiger partial charge on any atom is -0.350 e. The summed E-state index contributed by atoms with van der Waals surface area (Å²) in [4.78, 5) is 11.1. The zero-order valence-electron chi connectivity index (χ0n) is 9.55. The van der Waals surface area contributed by atoms with Crippen LogP contribution in [0, 0.1) is 13.8 Å². The average molecular weight is 203 g/mol. The van der Waals surface area contributed by atoms with Crippen LogP contribution in [-0.2, 0) is 11.2 Å². The Hall–Kier alpha value is -1.31. The molecule has 0 bridgehead atoms. The second kappa shape index (κ2) is 3.69. The molecule has 1 amide bonds. The first-order valence-electron chi connectivity index (χ1n) is 5.45. The summed E-state index contributed by atoms with van der Waals surface area (Å²) in [5.74, 6) is 0.0628. The number of carbonyl (C=O) groups is 1. The SMILES string of the molecule is CC(=O)NC1CCc2cc(C)cc(C)c21. The largest absolute Gasteiger partial charge is 0.350 e. The maximum Gasteiger partial charge on any atom is 0.217 e. The molecule has 1 aliphatic rings. The van der Waals surface area contributed by atoms with Crippen molar-refractivity contribution in [1.82, 2.24) is 5.32 Å². The van der Waals surface area contributed by atoms with Gasteiger partial charge >= 0.3 is 0 Å². The van der Waals surface area contributed by atoms with Crippen molar-refractivity contribution in [1.29, 1.82) is 0 Å². The highest BCUT2D eigenvalue weighted by atomic mass is 16.1. The molecule has 0 radical (unpaired) electrons. The first kappa shape index (κ1) is 10.2. The van der Waals surface area contributed by atoms with Crippen molar-refractivity contribution in [3.05, 3.63) is 34.4 Å². The number of aryl methyl sites for hydroxylation is 3. The molecule has 1 aromatic rings. The van der Waals surface area contributed by atoms with Crippen molar-refractivity contribution in [3.8, 4) is 0 Å². The van der Waals surface area contributed by atoms with E-state index in [0.717, 1.165) is 12.8 Å². The molecule has 80 valence electrons. The molecule has 2 heteroatoms. The van der Waals surface area contributed by atoms with Gasteiger partial charge in [0.1, 0.15) is 0 Å². The first-order valence-corrected chi connectivity index (χ1v) is 5.45. The lowest BCUT2D eigenvalue weighted by molar-refractivity contribution is -0.119. The third kappa shape index (κ3) is 1.89. The Morgan fingerprint density at radius 2 is 2.13 bits per heavy atom. The Morgan fingerprint density at radius 1 is 1.40 bits per heavy atom. The van der Waals surface area contributed by atoms with Crippen molar-refractivity contribution < 1.29 is 4.79 Å². The van der Waals surface area contributed by atoms with Gasteiger partial charge in [0.25, 0.3) is 0 Å². The first-order chi connectivity index (χ1) is 7.08. The number of hydrogen-bond donors (Lipinski definition) is 1. The molecule has 0 heterocycles. The van der Waals surface area contributed by atoms with Gasteiger partial charge in [-0.25, -0.2) is 0 Å². The van der Waals surface area contributed by atoms with Gasteiger partial charge in [-0.3, -0.25) is 4.79 Å². The molecule has 0 fully saturated rings. The third-order valence-corrected chi connectivity index (χ3v) is 3.05. The average Bonchev–Trinajstić information content (AvgIpc) is 2.46. The van der Waals surface area contributed by atoms with E-state index in [1.165, 1.54) is 22.3 Å². The molecule has 2 rings (SSSR count). The van der Waals surface area contributed by atoms with E-state index in [1.807, 2.05) is 0 Å². The molecular weight excluding hydrogens is 186 g/mol. The Balaban J connectivity index is 2.37. The Bertz CT molecular complexity index is 409. The number of hydrogen-bond acceptors (Lipinski definition) is 1. The molecule has 0 aliphatic heterocycles. The third-order valence-electron chi connectivity index (χ3n) is 3.05. The summed E-state index contributed by atoms with van der Waals surface area (Å²) in [6, 6.07) is 4.67. The molecule has 1 N–H and O–H groups in total. The molecule has 2 nitrogen and oxygen atoms in total. The topological polar surface area (TPSA) is 29.1 Å². The number of fused-ring (bicyclic) bond motifs is 1. The van der Waals surface area contributed by atoms with Crippen LogP contribution in [0.3, 0.4) is 0 Å². The van der Waals surface area contributed by atoms with Crippen LogP contribution in [-0.4, -0.2) is 5.91 Å². The normalized spacial score (nSPS) is 18.7.